The summed E-state index contributed by atoms with van der Waals surface area (Å²) < 4.78 is 5.34. The van der Waals surface area contributed by atoms with Crippen molar-refractivity contribution in [1.82, 2.24) is 9.80 Å². The smallest absolute Gasteiger partial charge is 0.243 e. The summed E-state index contributed by atoms with van der Waals surface area (Å²) in [7, 11) is 0. The number of nitrogens with zero attached hydrogens (tertiary/aromatic N) is 3. The first-order valence-electron chi connectivity index (χ1n) is 10.3. The molecule has 28 heavy (non-hydrogen) atoms. The van der Waals surface area contributed by atoms with Crippen LogP contribution in [-0.2, 0) is 14.3 Å². The molecule has 1 aromatic carbocycles. The summed E-state index contributed by atoms with van der Waals surface area (Å²) in [6.07, 6.45) is 3.79. The highest BCUT2D eigenvalue weighted by Gasteiger charge is 2.17. The number of carbonyl (C=O) groups is 2. The molecule has 2 heterocycles. The number of carbonyl (C=O) groups excluding carboxylic acids is 2. The number of benzene rings is 1. The topological polar surface area (TPSA) is 65.1 Å². The maximum Gasteiger partial charge on any atom is 0.243 e. The van der Waals surface area contributed by atoms with Gasteiger partial charge in [-0.1, -0.05) is 0 Å². The SMILES string of the molecule is CC(=O)N(CCN1CCOCC1)CC(=O)Nc1ccc(N2CCCCC2)cc1. The monoisotopic (exact) mass is 388 g/mol. The average Bonchev–Trinajstić information content (AvgIpc) is 2.73. The minimum atomic E-state index is -0.164. The van der Waals surface area contributed by atoms with Gasteiger partial charge < -0.3 is 19.9 Å². The first-order chi connectivity index (χ1) is 13.6. The maximum absolute atomic E-state index is 12.4. The highest BCUT2D eigenvalue weighted by molar-refractivity contribution is 5.94. The fourth-order valence-electron chi connectivity index (χ4n) is 3.72. The second-order valence-electron chi connectivity index (χ2n) is 7.54. The molecule has 0 atom stereocenters. The number of morpholine rings is 1. The molecule has 0 aliphatic carbocycles. The predicted octanol–water partition coefficient (Wildman–Crippen LogP) is 1.80. The Morgan fingerprint density at radius 2 is 1.71 bits per heavy atom. The lowest BCUT2D eigenvalue weighted by Gasteiger charge is -2.29. The normalized spacial score (nSPS) is 18.0. The lowest BCUT2D eigenvalue weighted by molar-refractivity contribution is -0.133. The summed E-state index contributed by atoms with van der Waals surface area (Å²) in [6.45, 7) is 8.32. The minimum Gasteiger partial charge on any atom is -0.379 e. The van der Waals surface area contributed by atoms with Crippen LogP contribution < -0.4 is 10.2 Å². The number of nitrogens with one attached hydrogen (secondary N) is 1. The molecule has 7 heteroatoms. The van der Waals surface area contributed by atoms with Gasteiger partial charge in [0.25, 0.3) is 0 Å². The van der Waals surface area contributed by atoms with Gasteiger partial charge in [-0.25, -0.2) is 0 Å². The van der Waals surface area contributed by atoms with Crippen molar-refractivity contribution in [3.05, 3.63) is 24.3 Å². The van der Waals surface area contributed by atoms with Crippen LogP contribution in [0.4, 0.5) is 11.4 Å². The quantitative estimate of drug-likeness (QED) is 0.772. The van der Waals surface area contributed by atoms with Crippen LogP contribution in [0.15, 0.2) is 24.3 Å². The average molecular weight is 389 g/mol. The fourth-order valence-corrected chi connectivity index (χ4v) is 3.72. The van der Waals surface area contributed by atoms with Crippen LogP contribution in [0.1, 0.15) is 26.2 Å². The van der Waals surface area contributed by atoms with Crippen LogP contribution >= 0.6 is 0 Å². The third-order valence-corrected chi connectivity index (χ3v) is 5.44. The number of piperidine rings is 1. The minimum absolute atomic E-state index is 0.0769. The zero-order valence-corrected chi connectivity index (χ0v) is 16.9. The van der Waals surface area contributed by atoms with E-state index < -0.39 is 0 Å². The molecule has 1 aromatic rings. The van der Waals surface area contributed by atoms with Gasteiger partial charge in [-0.2, -0.15) is 0 Å². The Hall–Kier alpha value is -2.12. The van der Waals surface area contributed by atoms with E-state index in [1.807, 2.05) is 12.1 Å². The van der Waals surface area contributed by atoms with Crippen molar-refractivity contribution < 1.29 is 14.3 Å². The maximum atomic E-state index is 12.4. The zero-order chi connectivity index (χ0) is 19.8. The van der Waals surface area contributed by atoms with Crippen molar-refractivity contribution in [2.24, 2.45) is 0 Å². The molecule has 0 bridgehead atoms. The van der Waals surface area contributed by atoms with Gasteiger partial charge in [0.2, 0.25) is 11.8 Å². The molecule has 1 N–H and O–H groups in total. The molecule has 0 unspecified atom stereocenters. The van der Waals surface area contributed by atoms with Crippen LogP contribution in [0.3, 0.4) is 0 Å². The summed E-state index contributed by atoms with van der Waals surface area (Å²) >= 11 is 0. The third-order valence-electron chi connectivity index (χ3n) is 5.44. The lowest BCUT2D eigenvalue weighted by atomic mass is 10.1. The van der Waals surface area contributed by atoms with Gasteiger partial charge in [0.15, 0.2) is 0 Å². The standard InChI is InChI=1S/C21H32N4O3/c1-18(26)25(12-11-23-13-15-28-16-14-23)17-21(27)22-19-5-7-20(8-6-19)24-9-3-2-4-10-24/h5-8H,2-4,9-17H2,1H3,(H,22,27). The van der Waals surface area contributed by atoms with E-state index in [1.54, 1.807) is 4.90 Å². The van der Waals surface area contributed by atoms with Crippen molar-refractivity contribution >= 4 is 23.2 Å². The molecule has 0 aromatic heterocycles. The van der Waals surface area contributed by atoms with Crippen LogP contribution in [0.5, 0.6) is 0 Å². The zero-order valence-electron chi connectivity index (χ0n) is 16.9. The van der Waals surface area contributed by atoms with Crippen LogP contribution in [-0.4, -0.2) is 80.6 Å². The Morgan fingerprint density at radius 1 is 1.04 bits per heavy atom. The molecule has 2 saturated heterocycles. The number of hydrogen-bond acceptors (Lipinski definition) is 5. The van der Waals surface area contributed by atoms with E-state index in [1.165, 1.54) is 31.9 Å². The van der Waals surface area contributed by atoms with Gasteiger partial charge in [0.1, 0.15) is 0 Å². The molecule has 0 spiro atoms. The molecular weight excluding hydrogens is 356 g/mol. The first kappa shape index (κ1) is 20.6. The van der Waals surface area contributed by atoms with Crippen molar-refractivity contribution in [2.45, 2.75) is 26.2 Å². The third kappa shape index (κ3) is 6.21. The van der Waals surface area contributed by atoms with E-state index in [2.05, 4.69) is 27.2 Å². The summed E-state index contributed by atoms with van der Waals surface area (Å²) in [5, 5.41) is 2.91. The van der Waals surface area contributed by atoms with E-state index in [0.29, 0.717) is 6.54 Å². The fraction of sp³-hybridized carbons (Fsp3) is 0.619. The molecule has 2 aliphatic rings. The molecule has 0 radical (unpaired) electrons. The molecule has 0 saturated carbocycles. The molecule has 2 aliphatic heterocycles. The largest absolute Gasteiger partial charge is 0.379 e. The van der Waals surface area contributed by atoms with Gasteiger partial charge in [-0.05, 0) is 43.5 Å². The number of hydrogen-bond donors (Lipinski definition) is 1. The Kier molecular flexibility index (Phi) is 7.68. The number of anilines is 2. The Labute approximate surface area is 167 Å². The van der Waals surface area contributed by atoms with Crippen molar-refractivity contribution in [3.8, 4) is 0 Å². The summed E-state index contributed by atoms with van der Waals surface area (Å²) in [6, 6.07) is 7.99. The Bertz CT molecular complexity index is 638. The molecule has 154 valence electrons. The van der Waals surface area contributed by atoms with Crippen molar-refractivity contribution in [1.29, 1.82) is 0 Å². The van der Waals surface area contributed by atoms with E-state index in [-0.39, 0.29) is 18.4 Å². The number of rotatable bonds is 7. The van der Waals surface area contributed by atoms with Crippen LogP contribution in [0.25, 0.3) is 0 Å². The Morgan fingerprint density at radius 3 is 2.36 bits per heavy atom. The molecular formula is C21H32N4O3. The first-order valence-corrected chi connectivity index (χ1v) is 10.3. The lowest BCUT2D eigenvalue weighted by Crippen LogP contribution is -2.44. The van der Waals surface area contributed by atoms with Crippen LogP contribution in [0.2, 0.25) is 0 Å². The van der Waals surface area contributed by atoms with E-state index in [4.69, 9.17) is 4.74 Å². The highest BCUT2D eigenvalue weighted by atomic mass is 16.5. The van der Waals surface area contributed by atoms with Gasteiger partial charge in [-0.15, -0.1) is 0 Å². The Balaban J connectivity index is 1.47. The van der Waals surface area contributed by atoms with E-state index in [9.17, 15) is 9.59 Å². The second kappa shape index (κ2) is 10.4. The molecule has 2 fully saturated rings. The van der Waals surface area contributed by atoms with Crippen LogP contribution in [0, 0.1) is 0 Å². The number of amides is 2. The van der Waals surface area contributed by atoms with E-state index in [0.717, 1.165) is 51.6 Å². The summed E-state index contributed by atoms with van der Waals surface area (Å²) in [4.78, 5) is 30.6. The summed E-state index contributed by atoms with van der Waals surface area (Å²) in [5.74, 6) is -0.244. The highest BCUT2D eigenvalue weighted by Crippen LogP contribution is 2.21. The van der Waals surface area contributed by atoms with Gasteiger partial charge in [-0.3, -0.25) is 14.5 Å². The van der Waals surface area contributed by atoms with E-state index >= 15 is 0 Å². The molecule has 3 rings (SSSR count). The van der Waals surface area contributed by atoms with Crippen molar-refractivity contribution in [3.63, 3.8) is 0 Å². The van der Waals surface area contributed by atoms with Gasteiger partial charge >= 0.3 is 0 Å². The summed E-state index contributed by atoms with van der Waals surface area (Å²) in [5.41, 5.74) is 1.97. The van der Waals surface area contributed by atoms with Gasteiger partial charge in [0, 0.05) is 57.6 Å². The van der Waals surface area contributed by atoms with Crippen molar-refractivity contribution in [2.75, 3.05) is 69.2 Å². The molecule has 7 nitrogen and oxygen atoms in total. The molecule has 2 amide bonds. The predicted molar refractivity (Wildman–Crippen MR) is 111 cm³/mol. The number of ether oxygens (including phenoxy) is 1. The van der Waals surface area contributed by atoms with Gasteiger partial charge in [0.05, 0.1) is 19.8 Å². The second-order valence-corrected chi connectivity index (χ2v) is 7.54.